The first-order valence-electron chi connectivity index (χ1n) is 5.79. The van der Waals surface area contributed by atoms with Gasteiger partial charge in [0.25, 0.3) is 5.91 Å². The van der Waals surface area contributed by atoms with Gasteiger partial charge in [-0.15, -0.1) is 0 Å². The van der Waals surface area contributed by atoms with Crippen molar-refractivity contribution in [2.45, 2.75) is 6.04 Å². The van der Waals surface area contributed by atoms with E-state index in [0.717, 1.165) is 5.56 Å². The molecule has 0 aromatic heterocycles. The summed E-state index contributed by atoms with van der Waals surface area (Å²) < 4.78 is 5.25. The van der Waals surface area contributed by atoms with Crippen molar-refractivity contribution >= 4 is 23.4 Å². The van der Waals surface area contributed by atoms with E-state index in [1.54, 1.807) is 18.2 Å². The Labute approximate surface area is 108 Å². The van der Waals surface area contributed by atoms with Gasteiger partial charge in [-0.1, -0.05) is 6.07 Å². The minimum atomic E-state index is -0.658. The molecule has 1 aromatic rings. The zero-order valence-corrected chi connectivity index (χ0v) is 9.86. The van der Waals surface area contributed by atoms with Crippen LogP contribution in [-0.2, 0) is 14.4 Å². The first-order valence-corrected chi connectivity index (χ1v) is 5.79. The minimum absolute atomic E-state index is 0.00255. The van der Waals surface area contributed by atoms with Gasteiger partial charge in [-0.2, -0.15) is 0 Å². The van der Waals surface area contributed by atoms with E-state index in [1.165, 1.54) is 0 Å². The second-order valence-corrected chi connectivity index (χ2v) is 4.33. The average Bonchev–Trinajstić information content (AvgIpc) is 2.41. The normalized spacial score (nSPS) is 21.7. The van der Waals surface area contributed by atoms with E-state index in [2.05, 4.69) is 16.0 Å². The molecule has 1 atom stereocenters. The van der Waals surface area contributed by atoms with Crippen molar-refractivity contribution < 1.29 is 19.1 Å². The Balaban J connectivity index is 1.86. The summed E-state index contributed by atoms with van der Waals surface area (Å²) in [5.74, 6) is -0.916. The molecule has 19 heavy (non-hydrogen) atoms. The Morgan fingerprint density at radius 1 is 1.16 bits per heavy atom. The number of benzene rings is 1. The summed E-state index contributed by atoms with van der Waals surface area (Å²) in [6.45, 7) is 0.320. The van der Waals surface area contributed by atoms with Gasteiger partial charge in [0, 0.05) is 6.54 Å². The molecule has 1 unspecified atom stereocenters. The molecular weight excluding hydrogens is 250 g/mol. The number of amides is 3. The van der Waals surface area contributed by atoms with Crippen LogP contribution in [0.3, 0.4) is 0 Å². The summed E-state index contributed by atoms with van der Waals surface area (Å²) in [4.78, 5) is 33.6. The van der Waals surface area contributed by atoms with Gasteiger partial charge in [0.1, 0.15) is 5.75 Å². The fraction of sp³-hybridized carbons (Fsp3) is 0.250. The number of hydrogen-bond donors (Lipinski definition) is 3. The summed E-state index contributed by atoms with van der Waals surface area (Å²) in [5, 5.41) is 7.79. The molecular formula is C12H11N3O4. The number of carbonyl (C=O) groups is 3. The molecule has 0 bridgehead atoms. The molecule has 1 saturated heterocycles. The molecule has 3 amide bonds. The van der Waals surface area contributed by atoms with E-state index >= 15 is 0 Å². The predicted molar refractivity (Wildman–Crippen MR) is 64.5 cm³/mol. The van der Waals surface area contributed by atoms with Gasteiger partial charge in [-0.3, -0.25) is 14.4 Å². The molecule has 2 aliphatic heterocycles. The average molecular weight is 261 g/mol. The van der Waals surface area contributed by atoms with Crippen LogP contribution in [0, 0.1) is 0 Å². The smallest absolute Gasteiger partial charge is 0.309 e. The number of anilines is 1. The molecule has 2 aliphatic rings. The predicted octanol–water partition coefficient (Wildman–Crippen LogP) is -0.695. The van der Waals surface area contributed by atoms with Crippen LogP contribution < -0.4 is 20.7 Å². The lowest BCUT2D eigenvalue weighted by atomic mass is 10.0. The standard InChI is InChI=1S/C12H11N3O4/c16-10-5-19-9-2-1-6(3-7(9)14-10)8-4-13-11(17)12(18)15-8/h1-3,8H,4-5H2,(H,13,17)(H,14,16)(H,15,18). The Kier molecular flexibility index (Phi) is 2.59. The second kappa shape index (κ2) is 4.27. The van der Waals surface area contributed by atoms with E-state index in [-0.39, 0.29) is 18.6 Å². The molecule has 0 saturated carbocycles. The van der Waals surface area contributed by atoms with Gasteiger partial charge in [0.15, 0.2) is 6.61 Å². The minimum Gasteiger partial charge on any atom is -0.482 e. The van der Waals surface area contributed by atoms with Crippen molar-refractivity contribution in [2.75, 3.05) is 18.5 Å². The molecule has 3 rings (SSSR count). The van der Waals surface area contributed by atoms with Crippen molar-refractivity contribution in [3.05, 3.63) is 23.8 Å². The maximum atomic E-state index is 11.3. The van der Waals surface area contributed by atoms with E-state index in [4.69, 9.17) is 4.74 Å². The number of piperazine rings is 1. The first-order chi connectivity index (χ1) is 9.13. The summed E-state index contributed by atoms with van der Waals surface area (Å²) in [6.07, 6.45) is 0. The van der Waals surface area contributed by atoms with E-state index in [1.807, 2.05) is 0 Å². The van der Waals surface area contributed by atoms with E-state index in [0.29, 0.717) is 18.0 Å². The first kappa shape index (κ1) is 11.5. The molecule has 98 valence electrons. The van der Waals surface area contributed by atoms with Crippen LogP contribution >= 0.6 is 0 Å². The SMILES string of the molecule is O=C1COc2ccc(C3CNC(=O)C(=O)N3)cc2N1. The van der Waals surface area contributed by atoms with Crippen LogP contribution in [-0.4, -0.2) is 30.9 Å². The number of rotatable bonds is 1. The Hall–Kier alpha value is -2.57. The number of ether oxygens (including phenoxy) is 1. The number of hydrogen-bond acceptors (Lipinski definition) is 4. The number of fused-ring (bicyclic) bond motifs is 1. The monoisotopic (exact) mass is 261 g/mol. The third kappa shape index (κ3) is 2.10. The van der Waals surface area contributed by atoms with Crippen LogP contribution in [0.2, 0.25) is 0 Å². The zero-order valence-electron chi connectivity index (χ0n) is 9.86. The molecule has 2 heterocycles. The third-order valence-corrected chi connectivity index (χ3v) is 3.02. The fourth-order valence-electron chi connectivity index (χ4n) is 2.07. The topological polar surface area (TPSA) is 96.5 Å². The summed E-state index contributed by atoms with van der Waals surface area (Å²) in [5.41, 5.74) is 1.36. The Morgan fingerprint density at radius 3 is 2.79 bits per heavy atom. The highest BCUT2D eigenvalue weighted by atomic mass is 16.5. The highest BCUT2D eigenvalue weighted by molar-refractivity contribution is 6.35. The molecule has 7 nitrogen and oxygen atoms in total. The van der Waals surface area contributed by atoms with Crippen LogP contribution in [0.1, 0.15) is 11.6 Å². The van der Waals surface area contributed by atoms with Crippen molar-refractivity contribution in [3.8, 4) is 5.75 Å². The Bertz CT molecular complexity index is 584. The van der Waals surface area contributed by atoms with Gasteiger partial charge >= 0.3 is 11.8 Å². The summed E-state index contributed by atoms with van der Waals surface area (Å²) in [7, 11) is 0. The molecule has 7 heteroatoms. The third-order valence-electron chi connectivity index (χ3n) is 3.02. The summed E-state index contributed by atoms with van der Waals surface area (Å²) >= 11 is 0. The zero-order chi connectivity index (χ0) is 13.4. The van der Waals surface area contributed by atoms with E-state index < -0.39 is 11.8 Å². The summed E-state index contributed by atoms with van der Waals surface area (Å²) in [6, 6.07) is 4.94. The van der Waals surface area contributed by atoms with Gasteiger partial charge in [0.2, 0.25) is 0 Å². The highest BCUT2D eigenvalue weighted by Gasteiger charge is 2.27. The maximum Gasteiger partial charge on any atom is 0.309 e. The van der Waals surface area contributed by atoms with Crippen LogP contribution in [0.25, 0.3) is 0 Å². The quantitative estimate of drug-likeness (QED) is 0.583. The number of carbonyl (C=O) groups excluding carboxylic acids is 3. The van der Waals surface area contributed by atoms with Crippen molar-refractivity contribution in [1.29, 1.82) is 0 Å². The van der Waals surface area contributed by atoms with Crippen molar-refractivity contribution in [3.63, 3.8) is 0 Å². The molecule has 0 spiro atoms. The number of nitrogens with one attached hydrogen (secondary N) is 3. The van der Waals surface area contributed by atoms with Crippen molar-refractivity contribution in [1.82, 2.24) is 10.6 Å². The van der Waals surface area contributed by atoms with E-state index in [9.17, 15) is 14.4 Å². The maximum absolute atomic E-state index is 11.3. The van der Waals surface area contributed by atoms with Gasteiger partial charge in [-0.05, 0) is 17.7 Å². The lowest BCUT2D eigenvalue weighted by Gasteiger charge is -2.25. The molecule has 0 radical (unpaired) electrons. The van der Waals surface area contributed by atoms with Crippen molar-refractivity contribution in [2.24, 2.45) is 0 Å². The molecule has 1 aromatic carbocycles. The molecule has 1 fully saturated rings. The molecule has 3 N–H and O–H groups in total. The Morgan fingerprint density at radius 2 is 2.00 bits per heavy atom. The van der Waals surface area contributed by atoms with Gasteiger partial charge in [-0.25, -0.2) is 0 Å². The fourth-order valence-corrected chi connectivity index (χ4v) is 2.07. The van der Waals surface area contributed by atoms with Crippen LogP contribution in [0.15, 0.2) is 18.2 Å². The highest BCUT2D eigenvalue weighted by Crippen LogP contribution is 2.30. The lowest BCUT2D eigenvalue weighted by molar-refractivity contribution is -0.141. The molecule has 0 aliphatic carbocycles. The van der Waals surface area contributed by atoms with Crippen LogP contribution in [0.4, 0.5) is 5.69 Å². The van der Waals surface area contributed by atoms with Crippen LogP contribution in [0.5, 0.6) is 5.75 Å². The largest absolute Gasteiger partial charge is 0.482 e. The van der Waals surface area contributed by atoms with Gasteiger partial charge in [0.05, 0.1) is 11.7 Å². The van der Waals surface area contributed by atoms with Gasteiger partial charge < -0.3 is 20.7 Å². The second-order valence-electron chi connectivity index (χ2n) is 4.33. The lowest BCUT2D eigenvalue weighted by Crippen LogP contribution is -2.51.